The predicted molar refractivity (Wildman–Crippen MR) is 121 cm³/mol. The van der Waals surface area contributed by atoms with Gasteiger partial charge in [-0.15, -0.1) is 0 Å². The van der Waals surface area contributed by atoms with Gasteiger partial charge in [-0.3, -0.25) is 9.69 Å². The monoisotopic (exact) mass is 453 g/mol. The van der Waals surface area contributed by atoms with Gasteiger partial charge in [0.2, 0.25) is 10.0 Å². The standard InChI is InChI=1S/C23H27N5O3S/c1-25(22(29)19-6-9-21-24-11-13-27(21)15-19)14-18-4-7-20(8-5-18)32(30,31)28-16-23(17-28)10-3-12-26(23)2/h4-9,11,13,15H,3,10,12,14,16-17H2,1-2H3. The molecule has 0 unspecified atom stereocenters. The zero-order chi connectivity index (χ0) is 22.5. The van der Waals surface area contributed by atoms with E-state index in [1.165, 1.54) is 0 Å². The Morgan fingerprint density at radius 2 is 1.91 bits per heavy atom. The number of sulfonamides is 1. The van der Waals surface area contributed by atoms with Crippen LogP contribution in [0.1, 0.15) is 28.8 Å². The summed E-state index contributed by atoms with van der Waals surface area (Å²) < 4.78 is 29.4. The van der Waals surface area contributed by atoms with Crippen LogP contribution >= 0.6 is 0 Å². The highest BCUT2D eigenvalue weighted by Crippen LogP contribution is 2.39. The van der Waals surface area contributed by atoms with Crippen molar-refractivity contribution in [2.75, 3.05) is 33.7 Å². The average Bonchev–Trinajstić information content (AvgIpc) is 3.38. The van der Waals surface area contributed by atoms with E-state index in [1.807, 2.05) is 10.5 Å². The van der Waals surface area contributed by atoms with Gasteiger partial charge in [-0.2, -0.15) is 4.31 Å². The molecule has 4 heterocycles. The summed E-state index contributed by atoms with van der Waals surface area (Å²) in [4.78, 5) is 21.2. The molecule has 1 aromatic carbocycles. The Balaban J connectivity index is 1.25. The molecule has 0 N–H and O–H groups in total. The molecule has 0 atom stereocenters. The summed E-state index contributed by atoms with van der Waals surface area (Å²) in [6.07, 6.45) is 7.44. The van der Waals surface area contributed by atoms with Crippen molar-refractivity contribution in [2.45, 2.75) is 29.8 Å². The highest BCUT2D eigenvalue weighted by molar-refractivity contribution is 7.89. The normalized spacial score (nSPS) is 18.8. The fraction of sp³-hybridized carbons (Fsp3) is 0.391. The third-order valence-corrected chi connectivity index (χ3v) is 8.66. The highest BCUT2D eigenvalue weighted by atomic mass is 32.2. The van der Waals surface area contributed by atoms with Crippen LogP contribution in [-0.4, -0.2) is 77.1 Å². The predicted octanol–water partition coefficient (Wildman–Crippen LogP) is 2.08. The number of nitrogens with zero attached hydrogens (tertiary/aromatic N) is 5. The SMILES string of the molecule is CN(Cc1ccc(S(=O)(=O)N2CC3(CCCN3C)C2)cc1)C(=O)c1ccc2nccn2c1. The minimum Gasteiger partial charge on any atom is -0.337 e. The fourth-order valence-corrected chi connectivity index (χ4v) is 6.38. The second-order valence-corrected chi connectivity index (χ2v) is 10.9. The molecule has 2 saturated heterocycles. The molecule has 9 heteroatoms. The van der Waals surface area contributed by atoms with Gasteiger partial charge in [-0.1, -0.05) is 12.1 Å². The van der Waals surface area contributed by atoms with Crippen molar-refractivity contribution in [3.63, 3.8) is 0 Å². The van der Waals surface area contributed by atoms with Crippen LogP contribution in [0.2, 0.25) is 0 Å². The van der Waals surface area contributed by atoms with E-state index in [-0.39, 0.29) is 11.4 Å². The van der Waals surface area contributed by atoms with Crippen molar-refractivity contribution in [3.05, 3.63) is 66.1 Å². The number of amides is 1. The molecule has 2 fully saturated rings. The van der Waals surface area contributed by atoms with Gasteiger partial charge in [-0.05, 0) is 56.3 Å². The van der Waals surface area contributed by atoms with Crippen molar-refractivity contribution in [3.8, 4) is 0 Å². The van der Waals surface area contributed by atoms with Crippen molar-refractivity contribution in [1.82, 2.24) is 23.5 Å². The van der Waals surface area contributed by atoms with Crippen molar-refractivity contribution in [1.29, 1.82) is 0 Å². The highest BCUT2D eigenvalue weighted by Gasteiger charge is 2.52. The molecular weight excluding hydrogens is 426 g/mol. The van der Waals surface area contributed by atoms with Crippen LogP contribution in [0.5, 0.6) is 0 Å². The lowest BCUT2D eigenvalue weighted by atomic mass is 9.90. The molecule has 1 spiro atoms. The lowest BCUT2D eigenvalue weighted by Gasteiger charge is -2.50. The first kappa shape index (κ1) is 21.1. The third-order valence-electron chi connectivity index (χ3n) is 6.85. The minimum absolute atomic E-state index is 0.0236. The summed E-state index contributed by atoms with van der Waals surface area (Å²) in [6.45, 7) is 2.54. The smallest absolute Gasteiger partial charge is 0.255 e. The first-order valence-electron chi connectivity index (χ1n) is 10.8. The zero-order valence-electron chi connectivity index (χ0n) is 18.3. The molecule has 0 radical (unpaired) electrons. The number of hydrogen-bond donors (Lipinski definition) is 0. The van der Waals surface area contributed by atoms with Crippen LogP contribution in [0.4, 0.5) is 0 Å². The zero-order valence-corrected chi connectivity index (χ0v) is 19.1. The Bertz CT molecular complexity index is 1260. The van der Waals surface area contributed by atoms with Crippen molar-refractivity contribution >= 4 is 21.6 Å². The van der Waals surface area contributed by atoms with Crippen LogP contribution < -0.4 is 0 Å². The maximum atomic E-state index is 13.0. The first-order valence-corrected chi connectivity index (χ1v) is 12.2. The minimum atomic E-state index is -3.49. The number of carbonyl (C=O) groups excluding carboxylic acids is 1. The van der Waals surface area contributed by atoms with Crippen LogP contribution in [0.15, 0.2) is 59.9 Å². The van der Waals surface area contributed by atoms with Gasteiger partial charge >= 0.3 is 0 Å². The summed E-state index contributed by atoms with van der Waals surface area (Å²) in [5.74, 6) is -0.108. The Labute approximate surface area is 188 Å². The third kappa shape index (κ3) is 3.50. The van der Waals surface area contributed by atoms with E-state index in [0.717, 1.165) is 30.6 Å². The molecule has 8 nitrogen and oxygen atoms in total. The second-order valence-electron chi connectivity index (χ2n) is 8.94. The number of aromatic nitrogens is 2. The molecule has 168 valence electrons. The molecule has 32 heavy (non-hydrogen) atoms. The summed E-state index contributed by atoms with van der Waals surface area (Å²) in [6, 6.07) is 10.4. The van der Waals surface area contributed by atoms with E-state index in [0.29, 0.717) is 30.1 Å². The van der Waals surface area contributed by atoms with E-state index in [9.17, 15) is 13.2 Å². The van der Waals surface area contributed by atoms with E-state index in [2.05, 4.69) is 16.9 Å². The quantitative estimate of drug-likeness (QED) is 0.591. The van der Waals surface area contributed by atoms with Gasteiger partial charge in [-0.25, -0.2) is 13.4 Å². The maximum Gasteiger partial charge on any atom is 0.255 e. The number of fused-ring (bicyclic) bond motifs is 1. The van der Waals surface area contributed by atoms with E-state index in [4.69, 9.17) is 0 Å². The first-order chi connectivity index (χ1) is 15.3. The van der Waals surface area contributed by atoms with Crippen LogP contribution in [0.25, 0.3) is 5.65 Å². The number of benzene rings is 1. The molecule has 5 rings (SSSR count). The lowest BCUT2D eigenvalue weighted by molar-refractivity contribution is 0.0379. The largest absolute Gasteiger partial charge is 0.337 e. The van der Waals surface area contributed by atoms with Gasteiger partial charge in [0.15, 0.2) is 0 Å². The Morgan fingerprint density at radius 3 is 2.59 bits per heavy atom. The van der Waals surface area contributed by atoms with E-state index in [1.54, 1.807) is 65.2 Å². The molecule has 2 aromatic heterocycles. The molecule has 1 amide bonds. The average molecular weight is 454 g/mol. The number of imidazole rings is 1. The van der Waals surface area contributed by atoms with Crippen molar-refractivity contribution < 1.29 is 13.2 Å². The Morgan fingerprint density at radius 1 is 1.16 bits per heavy atom. The van der Waals surface area contributed by atoms with Crippen molar-refractivity contribution in [2.24, 2.45) is 0 Å². The fourth-order valence-electron chi connectivity index (χ4n) is 4.78. The van der Waals surface area contributed by atoms with Crippen LogP contribution in [0.3, 0.4) is 0 Å². The van der Waals surface area contributed by atoms with Gasteiger partial charge in [0.25, 0.3) is 5.91 Å². The molecule has 2 aliphatic heterocycles. The number of likely N-dealkylation sites (tertiary alicyclic amines) is 1. The number of pyridine rings is 1. The summed E-state index contributed by atoms with van der Waals surface area (Å²) in [5.41, 5.74) is 2.25. The van der Waals surface area contributed by atoms with Crippen LogP contribution in [0, 0.1) is 0 Å². The Hall–Kier alpha value is -2.75. The van der Waals surface area contributed by atoms with Gasteiger partial charge < -0.3 is 9.30 Å². The summed E-state index contributed by atoms with van der Waals surface area (Å²) >= 11 is 0. The topological polar surface area (TPSA) is 78.2 Å². The number of likely N-dealkylation sites (N-methyl/N-ethyl adjacent to an activating group) is 1. The molecule has 0 aliphatic carbocycles. The van der Waals surface area contributed by atoms with E-state index < -0.39 is 10.0 Å². The van der Waals surface area contributed by atoms with E-state index >= 15 is 0 Å². The maximum absolute atomic E-state index is 13.0. The number of rotatable bonds is 5. The number of hydrogen-bond acceptors (Lipinski definition) is 5. The summed E-state index contributed by atoms with van der Waals surface area (Å²) in [7, 11) is 0.328. The molecular formula is C23H27N5O3S. The summed E-state index contributed by atoms with van der Waals surface area (Å²) in [5, 5.41) is 0. The molecule has 2 aliphatic rings. The van der Waals surface area contributed by atoms with Gasteiger partial charge in [0.05, 0.1) is 10.5 Å². The van der Waals surface area contributed by atoms with Gasteiger partial charge in [0, 0.05) is 50.8 Å². The number of carbonyl (C=O) groups is 1. The second kappa shape index (κ2) is 7.68. The van der Waals surface area contributed by atoms with Gasteiger partial charge in [0.1, 0.15) is 5.65 Å². The lowest BCUT2D eigenvalue weighted by Crippen LogP contribution is -2.67. The molecule has 0 bridgehead atoms. The molecule has 3 aromatic rings. The van der Waals surface area contributed by atoms with Crippen LogP contribution in [-0.2, 0) is 16.6 Å². The Kier molecular flexibility index (Phi) is 5.07. The molecule has 0 saturated carbocycles.